The largest absolute Gasteiger partial charge is 0.352 e. The fourth-order valence-corrected chi connectivity index (χ4v) is 4.36. The molecule has 0 bridgehead atoms. The third-order valence-corrected chi connectivity index (χ3v) is 6.38. The van der Waals surface area contributed by atoms with Crippen LogP contribution in [0.2, 0.25) is 5.02 Å². The van der Waals surface area contributed by atoms with Crippen LogP contribution in [-0.4, -0.2) is 31.6 Å². The third kappa shape index (κ3) is 4.24. The second kappa shape index (κ2) is 8.60. The van der Waals surface area contributed by atoms with E-state index < -0.39 is 0 Å². The van der Waals surface area contributed by atoms with Gasteiger partial charge in [0.15, 0.2) is 0 Å². The maximum atomic E-state index is 13.0. The van der Waals surface area contributed by atoms with Gasteiger partial charge in [-0.05, 0) is 38.0 Å². The normalized spacial score (nSPS) is 12.3. The number of amides is 1. The van der Waals surface area contributed by atoms with Gasteiger partial charge in [0.2, 0.25) is 11.7 Å². The molecule has 4 aromatic rings. The van der Waals surface area contributed by atoms with Crippen LogP contribution in [0.4, 0.5) is 0 Å². The van der Waals surface area contributed by atoms with Crippen LogP contribution in [0.15, 0.2) is 39.9 Å². The molecule has 0 aliphatic heterocycles. The highest BCUT2D eigenvalue weighted by atomic mass is 35.5. The summed E-state index contributed by atoms with van der Waals surface area (Å²) in [6.07, 6.45) is 2.21. The number of fused-ring (bicyclic) bond motifs is 1. The molecule has 8 nitrogen and oxygen atoms in total. The smallest absolute Gasteiger partial charge is 0.268 e. The average Bonchev–Trinajstić information content (AvgIpc) is 3.35. The summed E-state index contributed by atoms with van der Waals surface area (Å²) in [6, 6.07) is 7.20. The molecule has 160 valence electrons. The second-order valence-corrected chi connectivity index (χ2v) is 8.66. The molecule has 0 radical (unpaired) electrons. The van der Waals surface area contributed by atoms with Gasteiger partial charge in [0, 0.05) is 16.6 Å². The van der Waals surface area contributed by atoms with Crippen molar-refractivity contribution in [2.24, 2.45) is 0 Å². The van der Waals surface area contributed by atoms with Crippen LogP contribution in [0.25, 0.3) is 32.4 Å². The van der Waals surface area contributed by atoms with E-state index >= 15 is 0 Å². The average molecular weight is 458 g/mol. The van der Waals surface area contributed by atoms with E-state index in [1.807, 2.05) is 32.9 Å². The fraction of sp³-hybridized carbons (Fsp3) is 0.286. The molecule has 0 aliphatic rings. The van der Waals surface area contributed by atoms with Gasteiger partial charge in [0.25, 0.3) is 11.4 Å². The maximum absolute atomic E-state index is 13.0. The van der Waals surface area contributed by atoms with Gasteiger partial charge in [-0.1, -0.05) is 35.8 Å². The minimum Gasteiger partial charge on any atom is -0.352 e. The molecule has 4 rings (SSSR count). The van der Waals surface area contributed by atoms with Crippen molar-refractivity contribution in [2.75, 3.05) is 0 Å². The Hall–Kier alpha value is -3.04. The first-order chi connectivity index (χ1) is 14.9. The molecule has 3 aromatic heterocycles. The molecule has 0 aliphatic carbocycles. The van der Waals surface area contributed by atoms with E-state index in [9.17, 15) is 9.59 Å². The molecule has 31 heavy (non-hydrogen) atoms. The van der Waals surface area contributed by atoms with Gasteiger partial charge < -0.3 is 9.84 Å². The Morgan fingerprint density at radius 2 is 2.19 bits per heavy atom. The number of halogens is 1. The lowest BCUT2D eigenvalue weighted by Crippen LogP contribution is -2.37. The Bertz CT molecular complexity index is 1330. The zero-order chi connectivity index (χ0) is 22.1. The number of nitrogens with zero attached hydrogens (tertiary/aromatic N) is 4. The first-order valence-electron chi connectivity index (χ1n) is 9.75. The minimum atomic E-state index is -0.279. The summed E-state index contributed by atoms with van der Waals surface area (Å²) in [5.74, 6) is 0.478. The molecule has 1 amide bonds. The lowest BCUT2D eigenvalue weighted by molar-refractivity contribution is -0.122. The van der Waals surface area contributed by atoms with Gasteiger partial charge in [0.1, 0.15) is 11.4 Å². The Morgan fingerprint density at radius 3 is 2.94 bits per heavy atom. The summed E-state index contributed by atoms with van der Waals surface area (Å²) in [4.78, 5) is 35.3. The first-order valence-corrected chi connectivity index (χ1v) is 10.9. The van der Waals surface area contributed by atoms with Crippen LogP contribution in [0.5, 0.6) is 0 Å². The number of carbonyl (C=O) groups excluding carboxylic acids is 1. The number of aryl methyl sites for hydroxylation is 1. The van der Waals surface area contributed by atoms with Crippen molar-refractivity contribution in [3.63, 3.8) is 0 Å². The summed E-state index contributed by atoms with van der Waals surface area (Å²) in [5, 5.41) is 7.91. The lowest BCUT2D eigenvalue weighted by Gasteiger charge is -2.12. The van der Waals surface area contributed by atoms with Crippen LogP contribution in [0.3, 0.4) is 0 Å². The summed E-state index contributed by atoms with van der Waals surface area (Å²) in [7, 11) is 0. The number of nitrogens with one attached hydrogen (secondary N) is 1. The number of carbonyl (C=O) groups is 1. The predicted molar refractivity (Wildman–Crippen MR) is 120 cm³/mol. The number of rotatable bonds is 6. The number of aromatic nitrogens is 4. The number of thiophene rings is 1. The Morgan fingerprint density at radius 1 is 1.39 bits per heavy atom. The molecule has 1 aromatic carbocycles. The highest BCUT2D eigenvalue weighted by Gasteiger charge is 2.21. The van der Waals surface area contributed by atoms with Crippen molar-refractivity contribution in [1.82, 2.24) is 25.0 Å². The summed E-state index contributed by atoms with van der Waals surface area (Å²) < 4.78 is 6.77. The van der Waals surface area contributed by atoms with Gasteiger partial charge in [-0.2, -0.15) is 4.98 Å². The summed E-state index contributed by atoms with van der Waals surface area (Å²) in [5.41, 5.74) is 1.14. The van der Waals surface area contributed by atoms with Crippen molar-refractivity contribution >= 4 is 39.1 Å². The molecule has 0 spiro atoms. The Kier molecular flexibility index (Phi) is 5.88. The molecule has 0 unspecified atom stereocenters. The number of benzene rings is 1. The fourth-order valence-electron chi connectivity index (χ4n) is 3.11. The molecule has 0 saturated carbocycles. The third-order valence-electron chi connectivity index (χ3n) is 4.95. The molecular weight excluding hydrogens is 438 g/mol. The number of hydrogen-bond donors (Lipinski definition) is 1. The Labute approximate surface area is 186 Å². The van der Waals surface area contributed by atoms with Crippen molar-refractivity contribution in [3.05, 3.63) is 51.5 Å². The van der Waals surface area contributed by atoms with E-state index in [4.69, 9.17) is 16.1 Å². The van der Waals surface area contributed by atoms with Crippen molar-refractivity contribution in [2.45, 2.75) is 39.8 Å². The van der Waals surface area contributed by atoms with Gasteiger partial charge in [-0.3, -0.25) is 14.2 Å². The second-order valence-electron chi connectivity index (χ2n) is 7.22. The Balaban J connectivity index is 1.68. The zero-order valence-corrected chi connectivity index (χ0v) is 18.8. The molecule has 0 fully saturated rings. The van der Waals surface area contributed by atoms with E-state index in [0.29, 0.717) is 37.4 Å². The molecule has 1 atom stereocenters. The van der Waals surface area contributed by atoms with E-state index in [1.165, 1.54) is 22.2 Å². The molecular formula is C21H20ClN5O3S. The SMILES string of the molecule is CC[C@@H](C)NC(=O)Cn1cnc2sc(-c3nc(-c4cccc(Cl)c4)no3)c(C)c2c1=O. The van der Waals surface area contributed by atoms with E-state index in [0.717, 1.165) is 12.0 Å². The molecule has 0 saturated heterocycles. The van der Waals surface area contributed by atoms with E-state index in [-0.39, 0.29) is 24.1 Å². The van der Waals surface area contributed by atoms with Gasteiger partial charge in [-0.15, -0.1) is 11.3 Å². The topological polar surface area (TPSA) is 103 Å². The van der Waals surface area contributed by atoms with Crippen molar-refractivity contribution < 1.29 is 9.32 Å². The number of hydrogen-bond acceptors (Lipinski definition) is 7. The highest BCUT2D eigenvalue weighted by molar-refractivity contribution is 7.22. The van der Waals surface area contributed by atoms with Gasteiger partial charge in [-0.25, -0.2) is 4.98 Å². The van der Waals surface area contributed by atoms with Gasteiger partial charge in [0.05, 0.1) is 16.6 Å². The van der Waals surface area contributed by atoms with Crippen LogP contribution in [-0.2, 0) is 11.3 Å². The van der Waals surface area contributed by atoms with Crippen molar-refractivity contribution in [1.29, 1.82) is 0 Å². The first kappa shape index (κ1) is 21.2. The van der Waals surface area contributed by atoms with Gasteiger partial charge >= 0.3 is 0 Å². The quantitative estimate of drug-likeness (QED) is 0.468. The van der Waals surface area contributed by atoms with Crippen molar-refractivity contribution in [3.8, 4) is 22.2 Å². The molecule has 1 N–H and O–H groups in total. The highest BCUT2D eigenvalue weighted by Crippen LogP contribution is 2.35. The summed E-state index contributed by atoms with van der Waals surface area (Å²) in [6.45, 7) is 5.62. The van der Waals surface area contributed by atoms with Crippen LogP contribution < -0.4 is 10.9 Å². The standard InChI is InChI=1S/C21H20ClN5O3S/c1-4-11(2)24-15(28)9-27-10-23-20-16(21(27)29)12(3)17(31-20)19-25-18(26-30-19)13-6-5-7-14(22)8-13/h5-8,10-11H,4,9H2,1-3H3,(H,24,28)/t11-/m1/s1. The lowest BCUT2D eigenvalue weighted by atomic mass is 10.2. The monoisotopic (exact) mass is 457 g/mol. The van der Waals surface area contributed by atoms with E-state index in [2.05, 4.69) is 20.4 Å². The van der Waals surface area contributed by atoms with Crippen LogP contribution >= 0.6 is 22.9 Å². The maximum Gasteiger partial charge on any atom is 0.268 e. The zero-order valence-electron chi connectivity index (χ0n) is 17.2. The van der Waals surface area contributed by atoms with Crippen LogP contribution in [0.1, 0.15) is 25.8 Å². The van der Waals surface area contributed by atoms with Crippen LogP contribution in [0, 0.1) is 6.92 Å². The van der Waals surface area contributed by atoms with E-state index in [1.54, 1.807) is 12.1 Å². The summed E-state index contributed by atoms with van der Waals surface area (Å²) >= 11 is 7.34. The predicted octanol–water partition coefficient (Wildman–Crippen LogP) is 4.05. The molecule has 10 heteroatoms. The molecule has 3 heterocycles. The minimum absolute atomic E-state index is 0.0422.